The number of imidazole rings is 1. The number of aromatic nitrogens is 2. The van der Waals surface area contributed by atoms with Crippen LogP contribution in [0.4, 0.5) is 0 Å². The van der Waals surface area contributed by atoms with Crippen molar-refractivity contribution in [2.75, 3.05) is 19.1 Å². The maximum absolute atomic E-state index is 6.21. The van der Waals surface area contributed by atoms with E-state index in [9.17, 15) is 0 Å². The molecular formula is C15H20Cl2N2O. The summed E-state index contributed by atoms with van der Waals surface area (Å²) in [6.45, 7) is 4.59. The average Bonchev–Trinajstić information content (AvgIpc) is 2.79. The highest BCUT2D eigenvalue weighted by Crippen LogP contribution is 2.24. The first kappa shape index (κ1) is 15.6. The van der Waals surface area contributed by atoms with Crippen molar-refractivity contribution in [3.63, 3.8) is 0 Å². The lowest BCUT2D eigenvalue weighted by molar-refractivity contribution is 0.129. The van der Waals surface area contributed by atoms with Gasteiger partial charge in [-0.05, 0) is 25.0 Å². The van der Waals surface area contributed by atoms with Gasteiger partial charge >= 0.3 is 0 Å². The molecule has 0 atom stereocenters. The monoisotopic (exact) mass is 314 g/mol. The Kier molecular flexibility index (Phi) is 6.14. The molecule has 1 aromatic carbocycles. The molecule has 2 rings (SSSR count). The fourth-order valence-corrected chi connectivity index (χ4v) is 2.64. The number of benzene rings is 1. The molecule has 0 fully saturated rings. The summed E-state index contributed by atoms with van der Waals surface area (Å²) in [5.74, 6) is 1.56. The zero-order chi connectivity index (χ0) is 14.4. The van der Waals surface area contributed by atoms with Crippen LogP contribution in [-0.2, 0) is 17.7 Å². The lowest BCUT2D eigenvalue weighted by Crippen LogP contribution is -2.07. The Labute approximate surface area is 129 Å². The number of hydrogen-bond acceptors (Lipinski definition) is 2. The van der Waals surface area contributed by atoms with Crippen LogP contribution >= 0.6 is 23.2 Å². The summed E-state index contributed by atoms with van der Waals surface area (Å²) in [5.41, 5.74) is 1.94. The Bertz CT molecular complexity index is 554. The summed E-state index contributed by atoms with van der Waals surface area (Å²) in [6, 6.07) is 5.88. The highest BCUT2D eigenvalue weighted by molar-refractivity contribution is 6.34. The van der Waals surface area contributed by atoms with Crippen molar-refractivity contribution in [3.8, 4) is 0 Å². The highest BCUT2D eigenvalue weighted by Gasteiger charge is 2.12. The van der Waals surface area contributed by atoms with E-state index in [0.717, 1.165) is 55.9 Å². The van der Waals surface area contributed by atoms with Gasteiger partial charge in [0.1, 0.15) is 11.3 Å². The van der Waals surface area contributed by atoms with Crippen molar-refractivity contribution < 1.29 is 4.74 Å². The van der Waals surface area contributed by atoms with Crippen LogP contribution < -0.4 is 0 Å². The molecule has 0 aliphatic rings. The van der Waals surface area contributed by atoms with Gasteiger partial charge in [0.2, 0.25) is 0 Å². The second-order valence-corrected chi connectivity index (χ2v) is 5.48. The van der Waals surface area contributed by atoms with Crippen molar-refractivity contribution in [2.45, 2.75) is 32.7 Å². The average molecular weight is 315 g/mol. The van der Waals surface area contributed by atoms with E-state index >= 15 is 0 Å². The van der Waals surface area contributed by atoms with Gasteiger partial charge in [-0.15, -0.1) is 11.6 Å². The molecule has 0 amide bonds. The molecule has 0 aliphatic carbocycles. The normalized spacial score (nSPS) is 11.3. The number of rotatable bonds is 8. The van der Waals surface area contributed by atoms with Crippen LogP contribution in [0.2, 0.25) is 5.02 Å². The van der Waals surface area contributed by atoms with Crippen molar-refractivity contribution in [1.29, 1.82) is 0 Å². The molecule has 0 unspecified atom stereocenters. The zero-order valence-corrected chi connectivity index (χ0v) is 13.3. The quantitative estimate of drug-likeness (QED) is 0.537. The van der Waals surface area contributed by atoms with Crippen molar-refractivity contribution in [3.05, 3.63) is 29.0 Å². The van der Waals surface area contributed by atoms with Gasteiger partial charge in [-0.2, -0.15) is 0 Å². The molecule has 0 aliphatic heterocycles. The van der Waals surface area contributed by atoms with Crippen LogP contribution in [-0.4, -0.2) is 28.6 Å². The van der Waals surface area contributed by atoms with Gasteiger partial charge in [0.05, 0.1) is 10.5 Å². The molecule has 0 saturated carbocycles. The van der Waals surface area contributed by atoms with Crippen LogP contribution in [0.3, 0.4) is 0 Å². The molecule has 0 radical (unpaired) electrons. The minimum atomic E-state index is 0.563. The molecule has 0 spiro atoms. The molecule has 5 heteroatoms. The smallest absolute Gasteiger partial charge is 0.111 e. The molecule has 0 bridgehead atoms. The molecule has 20 heavy (non-hydrogen) atoms. The molecule has 3 nitrogen and oxygen atoms in total. The van der Waals surface area contributed by atoms with Gasteiger partial charge in [0.25, 0.3) is 0 Å². The van der Waals surface area contributed by atoms with Crippen molar-refractivity contribution in [2.24, 2.45) is 0 Å². The number of nitrogens with zero attached hydrogens (tertiary/aromatic N) is 2. The maximum atomic E-state index is 6.21. The van der Waals surface area contributed by atoms with E-state index in [4.69, 9.17) is 27.9 Å². The molecule has 1 heterocycles. The summed E-state index contributed by atoms with van der Waals surface area (Å²) >= 11 is 12.1. The van der Waals surface area contributed by atoms with Crippen molar-refractivity contribution >= 4 is 34.2 Å². The number of fused-ring (bicyclic) bond motifs is 1. The molecular weight excluding hydrogens is 295 g/mol. The molecule has 0 N–H and O–H groups in total. The summed E-state index contributed by atoms with van der Waals surface area (Å²) < 4.78 is 7.74. The largest absolute Gasteiger partial charge is 0.381 e. The van der Waals surface area contributed by atoms with E-state index in [-0.39, 0.29) is 0 Å². The van der Waals surface area contributed by atoms with E-state index in [2.05, 4.69) is 22.5 Å². The minimum absolute atomic E-state index is 0.563. The predicted molar refractivity (Wildman–Crippen MR) is 84.9 cm³/mol. The SMILES string of the molecule is CCCOCCCn1c(CCCl)nc2c(Cl)cccc21. The molecule has 2 aromatic rings. The predicted octanol–water partition coefficient (Wildman–Crippen LogP) is 4.29. The third-order valence-electron chi connectivity index (χ3n) is 3.15. The first-order chi connectivity index (χ1) is 9.77. The lowest BCUT2D eigenvalue weighted by atomic mass is 10.3. The Balaban J connectivity index is 2.16. The lowest BCUT2D eigenvalue weighted by Gasteiger charge is -2.09. The summed E-state index contributed by atoms with van der Waals surface area (Å²) in [6.07, 6.45) is 2.77. The highest BCUT2D eigenvalue weighted by atomic mass is 35.5. The Morgan fingerprint density at radius 3 is 2.90 bits per heavy atom. The van der Waals surface area contributed by atoms with Crippen LogP contribution in [0.1, 0.15) is 25.6 Å². The molecule has 1 aromatic heterocycles. The first-order valence-corrected chi connectivity index (χ1v) is 7.96. The van der Waals surface area contributed by atoms with Crippen LogP contribution in [0.25, 0.3) is 11.0 Å². The Morgan fingerprint density at radius 1 is 1.30 bits per heavy atom. The van der Waals surface area contributed by atoms with E-state index in [1.165, 1.54) is 0 Å². The van der Waals surface area contributed by atoms with E-state index in [1.807, 2.05) is 12.1 Å². The number of aryl methyl sites for hydroxylation is 2. The third-order valence-corrected chi connectivity index (χ3v) is 3.64. The summed E-state index contributed by atoms with van der Waals surface area (Å²) in [7, 11) is 0. The summed E-state index contributed by atoms with van der Waals surface area (Å²) in [4.78, 5) is 4.62. The zero-order valence-electron chi connectivity index (χ0n) is 11.7. The number of hydrogen-bond donors (Lipinski definition) is 0. The van der Waals surface area contributed by atoms with E-state index in [1.54, 1.807) is 0 Å². The van der Waals surface area contributed by atoms with E-state index < -0.39 is 0 Å². The number of alkyl halides is 1. The molecule has 0 saturated heterocycles. The number of ether oxygens (including phenoxy) is 1. The van der Waals surface area contributed by atoms with Gasteiger partial charge in [-0.25, -0.2) is 4.98 Å². The second kappa shape index (κ2) is 7.87. The van der Waals surface area contributed by atoms with Gasteiger partial charge in [-0.3, -0.25) is 0 Å². The summed E-state index contributed by atoms with van der Waals surface area (Å²) in [5, 5.41) is 0.694. The van der Waals surface area contributed by atoms with Crippen LogP contribution in [0.15, 0.2) is 18.2 Å². The minimum Gasteiger partial charge on any atom is -0.381 e. The van der Waals surface area contributed by atoms with E-state index in [0.29, 0.717) is 10.9 Å². The Morgan fingerprint density at radius 2 is 2.15 bits per heavy atom. The number of para-hydroxylation sites is 1. The first-order valence-electron chi connectivity index (χ1n) is 7.05. The van der Waals surface area contributed by atoms with Gasteiger partial charge in [0, 0.05) is 32.1 Å². The topological polar surface area (TPSA) is 27.1 Å². The van der Waals surface area contributed by atoms with Crippen LogP contribution in [0, 0.1) is 0 Å². The van der Waals surface area contributed by atoms with Crippen LogP contribution in [0.5, 0.6) is 0 Å². The Hall–Kier alpha value is -0.770. The van der Waals surface area contributed by atoms with Gasteiger partial charge < -0.3 is 9.30 Å². The maximum Gasteiger partial charge on any atom is 0.111 e. The number of halogens is 2. The van der Waals surface area contributed by atoms with Crippen molar-refractivity contribution in [1.82, 2.24) is 9.55 Å². The fourth-order valence-electron chi connectivity index (χ4n) is 2.26. The van der Waals surface area contributed by atoms with Gasteiger partial charge in [0.15, 0.2) is 0 Å². The standard InChI is InChI=1S/C15H20Cl2N2O/c1-2-10-20-11-4-9-19-13-6-3-5-12(17)15(13)18-14(19)7-8-16/h3,5-6H,2,4,7-11H2,1H3. The second-order valence-electron chi connectivity index (χ2n) is 4.69. The molecule has 110 valence electrons. The fraction of sp³-hybridized carbons (Fsp3) is 0.533. The third kappa shape index (κ3) is 3.66. The van der Waals surface area contributed by atoms with Gasteiger partial charge in [-0.1, -0.05) is 24.6 Å².